The van der Waals surface area contributed by atoms with Gasteiger partial charge >= 0.3 is 0 Å². The van der Waals surface area contributed by atoms with Crippen molar-refractivity contribution in [1.29, 1.82) is 0 Å². The molecule has 0 radical (unpaired) electrons. The molecule has 0 aromatic carbocycles. The molecule has 0 bridgehead atoms. The Morgan fingerprint density at radius 1 is 1.54 bits per heavy atom. The van der Waals surface area contributed by atoms with Crippen LogP contribution in [0.15, 0.2) is 12.5 Å². The number of aryl methyl sites for hydroxylation is 1. The van der Waals surface area contributed by atoms with Crippen LogP contribution in [-0.2, 0) is 6.54 Å². The van der Waals surface area contributed by atoms with Crippen molar-refractivity contribution in [2.75, 3.05) is 0 Å². The van der Waals surface area contributed by atoms with E-state index >= 15 is 0 Å². The van der Waals surface area contributed by atoms with Gasteiger partial charge in [0.1, 0.15) is 6.10 Å². The molecule has 1 rings (SSSR count). The minimum atomic E-state index is -0.449. The van der Waals surface area contributed by atoms with E-state index in [4.69, 9.17) is 0 Å². The van der Waals surface area contributed by atoms with Gasteiger partial charge in [0.15, 0.2) is 0 Å². The standard InChI is InChI=1S/C10H18N2O/c1-5-12-7-11-6-8(12)9(13)10(2,3)4/h6-7,9,13H,5H2,1-4H3. The van der Waals surface area contributed by atoms with Crippen molar-refractivity contribution in [2.24, 2.45) is 5.41 Å². The summed E-state index contributed by atoms with van der Waals surface area (Å²) in [6, 6.07) is 0. The summed E-state index contributed by atoms with van der Waals surface area (Å²) in [6.45, 7) is 8.95. The fourth-order valence-corrected chi connectivity index (χ4v) is 1.27. The van der Waals surface area contributed by atoms with E-state index in [-0.39, 0.29) is 5.41 Å². The molecule has 74 valence electrons. The van der Waals surface area contributed by atoms with Crippen LogP contribution >= 0.6 is 0 Å². The molecule has 3 nitrogen and oxygen atoms in total. The summed E-state index contributed by atoms with van der Waals surface area (Å²) in [5, 5.41) is 10.00. The zero-order valence-electron chi connectivity index (χ0n) is 8.78. The summed E-state index contributed by atoms with van der Waals surface area (Å²) >= 11 is 0. The zero-order chi connectivity index (χ0) is 10.1. The molecule has 1 heterocycles. The van der Waals surface area contributed by atoms with E-state index in [1.165, 1.54) is 0 Å². The third-order valence-electron chi connectivity index (χ3n) is 2.19. The first-order chi connectivity index (χ1) is 5.96. The van der Waals surface area contributed by atoms with E-state index in [0.29, 0.717) is 0 Å². The Morgan fingerprint density at radius 2 is 2.15 bits per heavy atom. The second kappa shape index (κ2) is 3.50. The van der Waals surface area contributed by atoms with Gasteiger partial charge in [-0.25, -0.2) is 4.98 Å². The molecular weight excluding hydrogens is 164 g/mol. The lowest BCUT2D eigenvalue weighted by Crippen LogP contribution is -2.20. The quantitative estimate of drug-likeness (QED) is 0.759. The molecule has 3 heteroatoms. The van der Waals surface area contributed by atoms with Gasteiger partial charge in [-0.3, -0.25) is 0 Å². The van der Waals surface area contributed by atoms with Crippen LogP contribution in [0.2, 0.25) is 0 Å². The van der Waals surface area contributed by atoms with Crippen LogP contribution in [0.4, 0.5) is 0 Å². The van der Waals surface area contributed by atoms with Crippen molar-refractivity contribution in [3.63, 3.8) is 0 Å². The molecule has 0 saturated heterocycles. The Bertz CT molecular complexity index is 273. The molecule has 0 spiro atoms. The lowest BCUT2D eigenvalue weighted by Gasteiger charge is -2.26. The first-order valence-corrected chi connectivity index (χ1v) is 4.65. The van der Waals surface area contributed by atoms with Crippen LogP contribution < -0.4 is 0 Å². The van der Waals surface area contributed by atoms with Crippen LogP contribution in [-0.4, -0.2) is 14.7 Å². The number of aromatic nitrogens is 2. The van der Waals surface area contributed by atoms with Crippen molar-refractivity contribution in [3.05, 3.63) is 18.2 Å². The molecule has 1 atom stereocenters. The summed E-state index contributed by atoms with van der Waals surface area (Å²) < 4.78 is 1.97. The third-order valence-corrected chi connectivity index (χ3v) is 2.19. The van der Waals surface area contributed by atoms with Gasteiger partial charge in [-0.15, -0.1) is 0 Å². The van der Waals surface area contributed by atoms with E-state index in [9.17, 15) is 5.11 Å². The smallest absolute Gasteiger partial charge is 0.100 e. The van der Waals surface area contributed by atoms with Gasteiger partial charge in [-0.2, -0.15) is 0 Å². The molecule has 1 unspecified atom stereocenters. The highest BCUT2D eigenvalue weighted by Gasteiger charge is 2.26. The molecular formula is C10H18N2O. The van der Waals surface area contributed by atoms with Crippen molar-refractivity contribution >= 4 is 0 Å². The fraction of sp³-hybridized carbons (Fsp3) is 0.700. The van der Waals surface area contributed by atoms with Gasteiger partial charge in [-0.05, 0) is 12.3 Å². The van der Waals surface area contributed by atoms with E-state index < -0.39 is 6.10 Å². The summed E-state index contributed by atoms with van der Waals surface area (Å²) in [7, 11) is 0. The minimum Gasteiger partial charge on any atom is -0.386 e. The van der Waals surface area contributed by atoms with E-state index in [2.05, 4.69) is 4.98 Å². The first kappa shape index (κ1) is 10.3. The maximum Gasteiger partial charge on any atom is 0.100 e. The average Bonchev–Trinajstić information content (AvgIpc) is 2.48. The number of nitrogens with zero attached hydrogens (tertiary/aromatic N) is 2. The molecule has 1 aromatic rings. The van der Waals surface area contributed by atoms with Crippen molar-refractivity contribution in [1.82, 2.24) is 9.55 Å². The van der Waals surface area contributed by atoms with Gasteiger partial charge in [-0.1, -0.05) is 20.8 Å². The molecule has 0 aliphatic rings. The lowest BCUT2D eigenvalue weighted by molar-refractivity contribution is 0.0558. The predicted octanol–water partition coefficient (Wildman–Crippen LogP) is 1.98. The van der Waals surface area contributed by atoms with Crippen LogP contribution in [0, 0.1) is 5.41 Å². The Labute approximate surface area is 79.4 Å². The Balaban J connectivity index is 2.94. The Morgan fingerprint density at radius 3 is 2.62 bits per heavy atom. The van der Waals surface area contributed by atoms with E-state index in [1.54, 1.807) is 12.5 Å². The monoisotopic (exact) mass is 182 g/mol. The van der Waals surface area contributed by atoms with Gasteiger partial charge in [0.05, 0.1) is 18.2 Å². The number of imidazole rings is 1. The van der Waals surface area contributed by atoms with Crippen LogP contribution in [0.1, 0.15) is 39.5 Å². The number of aliphatic hydroxyl groups is 1. The highest BCUT2D eigenvalue weighted by Crippen LogP contribution is 2.31. The van der Waals surface area contributed by atoms with Gasteiger partial charge < -0.3 is 9.67 Å². The molecule has 0 saturated carbocycles. The number of aliphatic hydroxyl groups excluding tert-OH is 1. The van der Waals surface area contributed by atoms with Gasteiger partial charge in [0.2, 0.25) is 0 Å². The molecule has 0 fully saturated rings. The normalized spacial score (nSPS) is 14.5. The molecule has 13 heavy (non-hydrogen) atoms. The Kier molecular flexibility index (Phi) is 2.76. The molecule has 0 aliphatic heterocycles. The summed E-state index contributed by atoms with van der Waals surface area (Å²) in [5.41, 5.74) is 0.766. The number of hydrogen-bond acceptors (Lipinski definition) is 2. The van der Waals surface area contributed by atoms with E-state index in [1.807, 2.05) is 32.3 Å². The van der Waals surface area contributed by atoms with Gasteiger partial charge in [0.25, 0.3) is 0 Å². The third kappa shape index (κ3) is 2.10. The van der Waals surface area contributed by atoms with Crippen LogP contribution in [0.25, 0.3) is 0 Å². The van der Waals surface area contributed by atoms with Crippen molar-refractivity contribution < 1.29 is 5.11 Å². The fourth-order valence-electron chi connectivity index (χ4n) is 1.27. The summed E-state index contributed by atoms with van der Waals surface area (Å²) in [4.78, 5) is 4.03. The van der Waals surface area contributed by atoms with Gasteiger partial charge in [0, 0.05) is 6.54 Å². The van der Waals surface area contributed by atoms with E-state index in [0.717, 1.165) is 12.2 Å². The number of rotatable bonds is 2. The number of hydrogen-bond donors (Lipinski definition) is 1. The highest BCUT2D eigenvalue weighted by molar-refractivity contribution is 5.05. The summed E-state index contributed by atoms with van der Waals surface area (Å²) in [6.07, 6.45) is 3.04. The molecule has 1 N–H and O–H groups in total. The topological polar surface area (TPSA) is 38.0 Å². The maximum absolute atomic E-state index is 10.00. The highest BCUT2D eigenvalue weighted by atomic mass is 16.3. The molecule has 0 aliphatic carbocycles. The first-order valence-electron chi connectivity index (χ1n) is 4.65. The van der Waals surface area contributed by atoms with Crippen LogP contribution in [0.5, 0.6) is 0 Å². The average molecular weight is 182 g/mol. The second-order valence-electron chi connectivity index (χ2n) is 4.37. The maximum atomic E-state index is 10.00. The second-order valence-corrected chi connectivity index (χ2v) is 4.37. The molecule has 1 aromatic heterocycles. The minimum absolute atomic E-state index is 0.132. The lowest BCUT2D eigenvalue weighted by atomic mass is 9.87. The van der Waals surface area contributed by atoms with Crippen molar-refractivity contribution in [2.45, 2.75) is 40.3 Å². The molecule has 0 amide bonds. The largest absolute Gasteiger partial charge is 0.386 e. The Hall–Kier alpha value is -0.830. The SMILES string of the molecule is CCn1cncc1C(O)C(C)(C)C. The zero-order valence-corrected chi connectivity index (χ0v) is 8.78. The predicted molar refractivity (Wildman–Crippen MR) is 52.3 cm³/mol. The van der Waals surface area contributed by atoms with Crippen molar-refractivity contribution in [3.8, 4) is 0 Å². The van der Waals surface area contributed by atoms with Crippen LogP contribution in [0.3, 0.4) is 0 Å². The summed E-state index contributed by atoms with van der Waals surface area (Å²) in [5.74, 6) is 0.